The summed E-state index contributed by atoms with van der Waals surface area (Å²) in [6.45, 7) is 0.451. The van der Waals surface area contributed by atoms with Gasteiger partial charge in [-0.2, -0.15) is 0 Å². The lowest BCUT2D eigenvalue weighted by Crippen LogP contribution is -2.51. The van der Waals surface area contributed by atoms with E-state index in [1.165, 1.54) is 36.3 Å². The van der Waals surface area contributed by atoms with Gasteiger partial charge < -0.3 is 14.4 Å². The van der Waals surface area contributed by atoms with Crippen LogP contribution in [0.2, 0.25) is 0 Å². The van der Waals surface area contributed by atoms with E-state index in [2.05, 4.69) is 4.74 Å². The fourth-order valence-corrected chi connectivity index (χ4v) is 1.87. The number of carbonyl (C=O) groups excluding carboxylic acids is 2. The average molecular weight is 280 g/mol. The number of rotatable bonds is 3. The lowest BCUT2D eigenvalue weighted by atomic mass is 10.2. The molecule has 1 saturated heterocycles. The zero-order valence-corrected chi connectivity index (χ0v) is 10.6. The number of nitro groups is 1. The number of hydrogen-bond acceptors (Lipinski definition) is 6. The van der Waals surface area contributed by atoms with Gasteiger partial charge >= 0.3 is 5.97 Å². The highest BCUT2D eigenvalue weighted by Crippen LogP contribution is 2.22. The number of morpholine rings is 1. The number of esters is 1. The fraction of sp³-hybridized carbons (Fsp3) is 0.333. The highest BCUT2D eigenvalue weighted by atomic mass is 16.6. The van der Waals surface area contributed by atoms with Gasteiger partial charge in [-0.25, -0.2) is 4.79 Å². The molecule has 0 aliphatic carbocycles. The molecule has 20 heavy (non-hydrogen) atoms. The van der Waals surface area contributed by atoms with E-state index in [0.29, 0.717) is 5.69 Å². The molecule has 1 unspecified atom stereocenters. The third kappa shape index (κ3) is 2.59. The molecule has 0 spiro atoms. The smallest absolute Gasteiger partial charge is 0.344 e. The number of nitrogens with zero attached hydrogens (tertiary/aromatic N) is 2. The largest absolute Gasteiger partial charge is 0.467 e. The first kappa shape index (κ1) is 13.9. The molecule has 2 rings (SSSR count). The SMILES string of the molecule is COC(=O)C1OCCN(c2ccc([N+](=O)[O-])cc2)C1=O. The van der Waals surface area contributed by atoms with Gasteiger partial charge in [0.15, 0.2) is 0 Å². The summed E-state index contributed by atoms with van der Waals surface area (Å²) in [7, 11) is 1.17. The van der Waals surface area contributed by atoms with Crippen molar-refractivity contribution in [2.24, 2.45) is 0 Å². The third-order valence-electron chi connectivity index (χ3n) is 2.88. The summed E-state index contributed by atoms with van der Waals surface area (Å²) >= 11 is 0. The van der Waals surface area contributed by atoms with Crippen molar-refractivity contribution < 1.29 is 24.0 Å². The van der Waals surface area contributed by atoms with Crippen molar-refractivity contribution in [2.75, 3.05) is 25.2 Å². The van der Waals surface area contributed by atoms with Gasteiger partial charge in [-0.05, 0) is 12.1 Å². The van der Waals surface area contributed by atoms with Gasteiger partial charge in [-0.3, -0.25) is 14.9 Å². The molecular weight excluding hydrogens is 268 g/mol. The minimum Gasteiger partial charge on any atom is -0.467 e. The highest BCUT2D eigenvalue weighted by molar-refractivity contribution is 6.09. The molecular formula is C12H12N2O6. The van der Waals surface area contributed by atoms with E-state index in [1.807, 2.05) is 0 Å². The zero-order chi connectivity index (χ0) is 14.7. The normalized spacial score (nSPS) is 18.8. The Morgan fingerprint density at radius 3 is 2.65 bits per heavy atom. The summed E-state index contributed by atoms with van der Waals surface area (Å²) in [5.41, 5.74) is 0.400. The lowest BCUT2D eigenvalue weighted by molar-refractivity contribution is -0.384. The Morgan fingerprint density at radius 1 is 1.45 bits per heavy atom. The molecule has 1 amide bonds. The summed E-state index contributed by atoms with van der Waals surface area (Å²) in [4.78, 5) is 34.9. The van der Waals surface area contributed by atoms with Gasteiger partial charge in [0.25, 0.3) is 11.6 Å². The third-order valence-corrected chi connectivity index (χ3v) is 2.88. The molecule has 1 aliphatic rings. The number of amides is 1. The summed E-state index contributed by atoms with van der Waals surface area (Å²) < 4.78 is 9.58. The molecule has 0 N–H and O–H groups in total. The molecule has 1 atom stereocenters. The van der Waals surface area contributed by atoms with Crippen molar-refractivity contribution in [2.45, 2.75) is 6.10 Å². The van der Waals surface area contributed by atoms with Crippen molar-refractivity contribution in [3.8, 4) is 0 Å². The van der Waals surface area contributed by atoms with Crippen molar-refractivity contribution in [1.29, 1.82) is 0 Å². The molecule has 1 aliphatic heterocycles. The van der Waals surface area contributed by atoms with Crippen LogP contribution in [0.3, 0.4) is 0 Å². The van der Waals surface area contributed by atoms with Gasteiger partial charge in [0.2, 0.25) is 6.10 Å². The van der Waals surface area contributed by atoms with Crippen molar-refractivity contribution in [3.63, 3.8) is 0 Å². The second kappa shape index (κ2) is 5.66. The molecule has 8 heteroatoms. The molecule has 0 saturated carbocycles. The molecule has 8 nitrogen and oxygen atoms in total. The Bertz CT molecular complexity index is 541. The Hall–Kier alpha value is -2.48. The second-order valence-corrected chi connectivity index (χ2v) is 4.04. The van der Waals surface area contributed by atoms with Crippen molar-refractivity contribution >= 4 is 23.3 Å². The Labute approximate surface area is 114 Å². The van der Waals surface area contributed by atoms with Crippen LogP contribution in [0.5, 0.6) is 0 Å². The standard InChI is InChI=1S/C12H12N2O6/c1-19-12(16)10-11(15)13(6-7-20-10)8-2-4-9(5-3-8)14(17)18/h2-5,10H,6-7H2,1H3. The molecule has 106 valence electrons. The van der Waals surface area contributed by atoms with Gasteiger partial charge in [0, 0.05) is 24.4 Å². The zero-order valence-electron chi connectivity index (χ0n) is 10.6. The van der Waals surface area contributed by atoms with E-state index in [1.54, 1.807) is 0 Å². The van der Waals surface area contributed by atoms with E-state index < -0.39 is 22.9 Å². The first-order valence-corrected chi connectivity index (χ1v) is 5.80. The first-order chi connectivity index (χ1) is 9.54. The first-order valence-electron chi connectivity index (χ1n) is 5.80. The maximum absolute atomic E-state index is 12.1. The number of anilines is 1. The number of non-ortho nitro benzene ring substituents is 1. The molecule has 0 bridgehead atoms. The molecule has 0 radical (unpaired) electrons. The van der Waals surface area contributed by atoms with E-state index in [0.717, 1.165) is 0 Å². The second-order valence-electron chi connectivity index (χ2n) is 4.04. The van der Waals surface area contributed by atoms with E-state index in [-0.39, 0.29) is 18.8 Å². The number of hydrogen-bond donors (Lipinski definition) is 0. The van der Waals surface area contributed by atoms with Gasteiger partial charge in [-0.1, -0.05) is 0 Å². The topological polar surface area (TPSA) is 99.0 Å². The van der Waals surface area contributed by atoms with Crippen LogP contribution in [-0.2, 0) is 19.1 Å². The van der Waals surface area contributed by atoms with Crippen LogP contribution in [-0.4, -0.2) is 43.2 Å². The fourth-order valence-electron chi connectivity index (χ4n) is 1.87. The lowest BCUT2D eigenvalue weighted by Gasteiger charge is -2.30. The maximum Gasteiger partial charge on any atom is 0.344 e. The summed E-state index contributed by atoms with van der Waals surface area (Å²) in [5.74, 6) is -1.31. The number of ether oxygens (including phenoxy) is 2. The van der Waals surface area contributed by atoms with Gasteiger partial charge in [-0.15, -0.1) is 0 Å². The summed E-state index contributed by atoms with van der Waals surface area (Å²) in [5, 5.41) is 10.6. The number of benzene rings is 1. The molecule has 1 aromatic rings. The van der Waals surface area contributed by atoms with Crippen LogP contribution in [0.4, 0.5) is 11.4 Å². The summed E-state index contributed by atoms with van der Waals surface area (Å²) in [6, 6.07) is 5.50. The van der Waals surface area contributed by atoms with Crippen LogP contribution in [0.15, 0.2) is 24.3 Å². The number of nitro benzene ring substituents is 1. The maximum atomic E-state index is 12.1. The predicted octanol–water partition coefficient (Wildman–Crippen LogP) is 0.500. The average Bonchev–Trinajstić information content (AvgIpc) is 2.47. The quantitative estimate of drug-likeness (QED) is 0.346. The molecule has 1 aromatic carbocycles. The number of methoxy groups -OCH3 is 1. The van der Waals surface area contributed by atoms with Gasteiger partial charge in [0.1, 0.15) is 0 Å². The minimum absolute atomic E-state index is 0.0704. The highest BCUT2D eigenvalue weighted by Gasteiger charge is 2.36. The molecule has 0 aromatic heterocycles. The van der Waals surface area contributed by atoms with Gasteiger partial charge in [0.05, 0.1) is 18.6 Å². The summed E-state index contributed by atoms with van der Waals surface area (Å²) in [6.07, 6.45) is -1.29. The Kier molecular flexibility index (Phi) is 3.94. The van der Waals surface area contributed by atoms with E-state index >= 15 is 0 Å². The van der Waals surface area contributed by atoms with Crippen molar-refractivity contribution in [1.82, 2.24) is 0 Å². The Morgan fingerprint density at radius 2 is 2.10 bits per heavy atom. The van der Waals surface area contributed by atoms with Crippen LogP contribution < -0.4 is 4.90 Å². The molecule has 1 heterocycles. The minimum atomic E-state index is -1.29. The monoisotopic (exact) mass is 280 g/mol. The molecule has 1 fully saturated rings. The Balaban J connectivity index is 2.21. The predicted molar refractivity (Wildman–Crippen MR) is 67.2 cm³/mol. The van der Waals surface area contributed by atoms with Crippen LogP contribution in [0, 0.1) is 10.1 Å². The van der Waals surface area contributed by atoms with E-state index in [9.17, 15) is 19.7 Å². The van der Waals surface area contributed by atoms with Crippen LogP contribution in [0.1, 0.15) is 0 Å². The van der Waals surface area contributed by atoms with Crippen LogP contribution in [0.25, 0.3) is 0 Å². The van der Waals surface area contributed by atoms with Crippen LogP contribution >= 0.6 is 0 Å². The van der Waals surface area contributed by atoms with E-state index in [4.69, 9.17) is 4.74 Å². The van der Waals surface area contributed by atoms with Crippen molar-refractivity contribution in [3.05, 3.63) is 34.4 Å². The number of carbonyl (C=O) groups is 2.